The molecule has 0 rings (SSSR count). The standard InChI is InChI=1S/C8H17ClO2S/c1-3-5-6-8(4-2)7-11-12(9)10/h8H,3-7H2,1-2H3. The smallest absolute Gasteiger partial charge is 0.255 e. The molecule has 2 unspecified atom stereocenters. The molecular weight excluding hydrogens is 196 g/mol. The summed E-state index contributed by atoms with van der Waals surface area (Å²) in [6.45, 7) is 4.79. The van der Waals surface area contributed by atoms with Crippen molar-refractivity contribution >= 4 is 21.0 Å². The van der Waals surface area contributed by atoms with Gasteiger partial charge in [-0.2, -0.15) is 0 Å². The fourth-order valence-electron chi connectivity index (χ4n) is 1.05. The molecule has 0 aliphatic heterocycles. The maximum atomic E-state index is 10.4. The monoisotopic (exact) mass is 212 g/mol. The van der Waals surface area contributed by atoms with E-state index in [0.717, 1.165) is 12.8 Å². The van der Waals surface area contributed by atoms with Gasteiger partial charge in [-0.15, -0.1) is 0 Å². The maximum absolute atomic E-state index is 10.4. The van der Waals surface area contributed by atoms with Gasteiger partial charge in [0.05, 0.1) is 6.61 Å². The highest BCUT2D eigenvalue weighted by Crippen LogP contribution is 2.13. The highest BCUT2D eigenvalue weighted by molar-refractivity contribution is 8.04. The van der Waals surface area contributed by atoms with E-state index in [-0.39, 0.29) is 0 Å². The summed E-state index contributed by atoms with van der Waals surface area (Å²) in [4.78, 5) is 0. The molecule has 0 aromatic heterocycles. The van der Waals surface area contributed by atoms with Crippen LogP contribution in [0.2, 0.25) is 0 Å². The molecule has 0 heterocycles. The third kappa shape index (κ3) is 7.07. The first-order valence-electron chi connectivity index (χ1n) is 4.42. The molecule has 2 atom stereocenters. The summed E-state index contributed by atoms with van der Waals surface area (Å²) in [5, 5.41) is 0. The lowest BCUT2D eigenvalue weighted by Crippen LogP contribution is -2.08. The lowest BCUT2D eigenvalue weighted by atomic mass is 10.0. The van der Waals surface area contributed by atoms with Crippen molar-refractivity contribution < 1.29 is 8.39 Å². The van der Waals surface area contributed by atoms with Gasteiger partial charge >= 0.3 is 0 Å². The second-order valence-corrected chi connectivity index (χ2v) is 4.27. The number of hydrogen-bond acceptors (Lipinski definition) is 2. The van der Waals surface area contributed by atoms with Gasteiger partial charge in [-0.25, -0.2) is 4.21 Å². The predicted octanol–water partition coefficient (Wildman–Crippen LogP) is 3.04. The average molecular weight is 213 g/mol. The Balaban J connectivity index is 3.45. The van der Waals surface area contributed by atoms with Crippen molar-refractivity contribution in [1.82, 2.24) is 0 Å². The summed E-state index contributed by atoms with van der Waals surface area (Å²) in [6.07, 6.45) is 4.60. The second-order valence-electron chi connectivity index (χ2n) is 2.90. The molecule has 74 valence electrons. The van der Waals surface area contributed by atoms with Crippen LogP contribution in [0.4, 0.5) is 0 Å². The Morgan fingerprint density at radius 2 is 2.17 bits per heavy atom. The Kier molecular flexibility index (Phi) is 8.29. The van der Waals surface area contributed by atoms with Crippen molar-refractivity contribution in [2.75, 3.05) is 6.61 Å². The zero-order valence-electron chi connectivity index (χ0n) is 7.72. The summed E-state index contributed by atoms with van der Waals surface area (Å²) in [6, 6.07) is 0. The van der Waals surface area contributed by atoms with Gasteiger partial charge in [0, 0.05) is 10.7 Å². The molecule has 0 spiro atoms. The molecule has 0 bridgehead atoms. The SMILES string of the molecule is CCCCC(CC)COS(=O)Cl. The number of hydrogen-bond donors (Lipinski definition) is 0. The Labute approximate surface area is 81.8 Å². The first-order chi connectivity index (χ1) is 5.70. The molecular formula is C8H17ClO2S. The Bertz CT molecular complexity index is 130. The van der Waals surface area contributed by atoms with E-state index in [1.54, 1.807) is 0 Å². The first kappa shape index (κ1) is 12.4. The minimum atomic E-state index is -1.62. The molecule has 0 aliphatic rings. The average Bonchev–Trinajstić information content (AvgIpc) is 2.05. The van der Waals surface area contributed by atoms with E-state index in [2.05, 4.69) is 13.8 Å². The van der Waals surface area contributed by atoms with E-state index in [9.17, 15) is 4.21 Å². The molecule has 0 fully saturated rings. The van der Waals surface area contributed by atoms with Gasteiger partial charge in [0.1, 0.15) is 0 Å². The fourth-order valence-corrected chi connectivity index (χ4v) is 1.50. The van der Waals surface area contributed by atoms with Crippen molar-refractivity contribution in [1.29, 1.82) is 0 Å². The van der Waals surface area contributed by atoms with Crippen molar-refractivity contribution in [3.05, 3.63) is 0 Å². The van der Waals surface area contributed by atoms with Gasteiger partial charge in [-0.3, -0.25) is 4.18 Å². The molecule has 0 amide bonds. The van der Waals surface area contributed by atoms with Gasteiger partial charge in [0.2, 0.25) is 0 Å². The third-order valence-corrected chi connectivity index (χ3v) is 2.53. The lowest BCUT2D eigenvalue weighted by molar-refractivity contribution is 0.257. The van der Waals surface area contributed by atoms with Crippen LogP contribution in [0.3, 0.4) is 0 Å². The largest absolute Gasteiger partial charge is 0.278 e. The highest BCUT2D eigenvalue weighted by atomic mass is 35.7. The van der Waals surface area contributed by atoms with Gasteiger partial charge in [0.25, 0.3) is 10.3 Å². The Hall–Kier alpha value is 0.400. The fraction of sp³-hybridized carbons (Fsp3) is 1.00. The van der Waals surface area contributed by atoms with Crippen molar-refractivity contribution in [2.45, 2.75) is 39.5 Å². The van der Waals surface area contributed by atoms with E-state index >= 15 is 0 Å². The molecule has 12 heavy (non-hydrogen) atoms. The molecule has 0 aliphatic carbocycles. The number of rotatable bonds is 7. The number of halogens is 1. The van der Waals surface area contributed by atoms with Crippen molar-refractivity contribution in [3.63, 3.8) is 0 Å². The minimum Gasteiger partial charge on any atom is -0.278 e. The van der Waals surface area contributed by atoms with Crippen LogP contribution in [0.15, 0.2) is 0 Å². The molecule has 0 saturated carbocycles. The maximum Gasteiger partial charge on any atom is 0.255 e. The van der Waals surface area contributed by atoms with E-state index in [0.29, 0.717) is 12.5 Å². The van der Waals surface area contributed by atoms with Crippen LogP contribution in [0, 0.1) is 5.92 Å². The molecule has 0 radical (unpaired) electrons. The summed E-state index contributed by atoms with van der Waals surface area (Å²) < 4.78 is 15.2. The zero-order chi connectivity index (χ0) is 9.40. The Morgan fingerprint density at radius 3 is 2.58 bits per heavy atom. The minimum absolute atomic E-state index is 0.507. The van der Waals surface area contributed by atoms with Crippen LogP contribution >= 0.6 is 10.7 Å². The normalized spacial score (nSPS) is 15.9. The van der Waals surface area contributed by atoms with E-state index in [1.807, 2.05) is 0 Å². The molecule has 4 heteroatoms. The van der Waals surface area contributed by atoms with Crippen LogP contribution in [-0.4, -0.2) is 10.8 Å². The van der Waals surface area contributed by atoms with Gasteiger partial charge in [-0.05, 0) is 12.3 Å². The van der Waals surface area contributed by atoms with Crippen LogP contribution in [0.1, 0.15) is 39.5 Å². The quantitative estimate of drug-likeness (QED) is 0.607. The van der Waals surface area contributed by atoms with Crippen molar-refractivity contribution in [3.8, 4) is 0 Å². The van der Waals surface area contributed by atoms with Crippen LogP contribution in [0.5, 0.6) is 0 Å². The van der Waals surface area contributed by atoms with E-state index in [1.165, 1.54) is 12.8 Å². The predicted molar refractivity (Wildman–Crippen MR) is 53.3 cm³/mol. The zero-order valence-corrected chi connectivity index (χ0v) is 9.29. The first-order valence-corrected chi connectivity index (χ1v) is 6.32. The van der Waals surface area contributed by atoms with Crippen LogP contribution in [-0.2, 0) is 14.5 Å². The lowest BCUT2D eigenvalue weighted by Gasteiger charge is -2.11. The summed E-state index contributed by atoms with van der Waals surface area (Å²) >= 11 is 0. The number of unbranched alkanes of at least 4 members (excludes halogenated alkanes) is 1. The van der Waals surface area contributed by atoms with Crippen LogP contribution in [0.25, 0.3) is 0 Å². The van der Waals surface area contributed by atoms with E-state index in [4.69, 9.17) is 14.9 Å². The second kappa shape index (κ2) is 8.02. The molecule has 0 aromatic carbocycles. The van der Waals surface area contributed by atoms with Gasteiger partial charge in [0.15, 0.2) is 0 Å². The molecule has 0 saturated heterocycles. The highest BCUT2D eigenvalue weighted by Gasteiger charge is 2.07. The van der Waals surface area contributed by atoms with Crippen LogP contribution < -0.4 is 0 Å². The van der Waals surface area contributed by atoms with Crippen molar-refractivity contribution in [2.24, 2.45) is 5.92 Å². The summed E-state index contributed by atoms with van der Waals surface area (Å²) in [7, 11) is 3.54. The van der Waals surface area contributed by atoms with E-state index < -0.39 is 10.3 Å². The summed E-state index contributed by atoms with van der Waals surface area (Å²) in [5.41, 5.74) is 0. The van der Waals surface area contributed by atoms with Gasteiger partial charge < -0.3 is 0 Å². The summed E-state index contributed by atoms with van der Waals surface area (Å²) in [5.74, 6) is 0.507. The topological polar surface area (TPSA) is 26.3 Å². The molecule has 2 nitrogen and oxygen atoms in total. The van der Waals surface area contributed by atoms with Gasteiger partial charge in [-0.1, -0.05) is 33.1 Å². The third-order valence-electron chi connectivity index (χ3n) is 1.94. The molecule has 0 aromatic rings. The Morgan fingerprint density at radius 1 is 1.50 bits per heavy atom. The molecule has 0 N–H and O–H groups in total.